The van der Waals surface area contributed by atoms with Gasteiger partial charge in [-0.25, -0.2) is 23.0 Å². The molecular weight excluding hydrogens is 402 g/mol. The summed E-state index contributed by atoms with van der Waals surface area (Å²) in [6.45, 7) is -0.150. The molecule has 3 N–H and O–H groups in total. The van der Waals surface area contributed by atoms with Crippen LogP contribution in [0.25, 0.3) is 0 Å². The van der Waals surface area contributed by atoms with Crippen molar-refractivity contribution in [3.63, 3.8) is 0 Å². The Morgan fingerprint density at radius 3 is 2.48 bits per heavy atom. The Labute approximate surface area is 167 Å². The number of benzene rings is 2. The molecule has 0 saturated carbocycles. The third-order valence-corrected chi connectivity index (χ3v) is 5.80. The van der Waals surface area contributed by atoms with E-state index in [9.17, 15) is 18.0 Å². The van der Waals surface area contributed by atoms with E-state index in [0.29, 0.717) is 0 Å². The van der Waals surface area contributed by atoms with Gasteiger partial charge in [-0.1, -0.05) is 24.3 Å². The number of nitrogens with zero attached hydrogens (tertiary/aromatic N) is 1. The van der Waals surface area contributed by atoms with Crippen LogP contribution in [-0.4, -0.2) is 56.9 Å². The largest absolute Gasteiger partial charge is 0.465 e. The van der Waals surface area contributed by atoms with E-state index >= 15 is 0 Å². The lowest BCUT2D eigenvalue weighted by molar-refractivity contribution is -0.0770. The Morgan fingerprint density at radius 1 is 1.14 bits per heavy atom. The molecule has 11 heteroatoms. The maximum atomic E-state index is 12.7. The molecule has 29 heavy (non-hydrogen) atoms. The first-order chi connectivity index (χ1) is 13.9. The maximum Gasteiger partial charge on any atom is 0.338 e. The molecule has 1 heterocycles. The summed E-state index contributed by atoms with van der Waals surface area (Å²) in [7, 11) is -2.78. The van der Waals surface area contributed by atoms with Gasteiger partial charge in [0.05, 0.1) is 43.1 Å². The van der Waals surface area contributed by atoms with E-state index < -0.39 is 27.9 Å². The molecule has 0 radical (unpaired) electrons. The monoisotopic (exact) mass is 421 g/mol. The van der Waals surface area contributed by atoms with Crippen LogP contribution in [0.2, 0.25) is 0 Å². The summed E-state index contributed by atoms with van der Waals surface area (Å²) in [5, 5.41) is 10.1. The smallest absolute Gasteiger partial charge is 0.338 e. The van der Waals surface area contributed by atoms with E-state index in [0.717, 1.165) is 5.06 Å². The SMILES string of the molecule is COC(=O)c1ccccc1C(=O)N1CC(NS(=O)(=O)c2ccccc2NO)CO1. The number of methoxy groups -OCH3 is 1. The first-order valence-electron chi connectivity index (χ1n) is 8.51. The highest BCUT2D eigenvalue weighted by atomic mass is 32.2. The van der Waals surface area contributed by atoms with Crippen LogP contribution in [0.15, 0.2) is 53.4 Å². The molecule has 1 aliphatic rings. The first kappa shape index (κ1) is 20.7. The van der Waals surface area contributed by atoms with E-state index in [-0.39, 0.29) is 34.9 Å². The van der Waals surface area contributed by atoms with Gasteiger partial charge in [-0.05, 0) is 24.3 Å². The Hall–Kier alpha value is -2.99. The van der Waals surface area contributed by atoms with Crippen molar-refractivity contribution in [1.82, 2.24) is 9.79 Å². The van der Waals surface area contributed by atoms with Crippen molar-refractivity contribution in [2.45, 2.75) is 10.9 Å². The van der Waals surface area contributed by atoms with Gasteiger partial charge in [0.1, 0.15) is 4.90 Å². The predicted molar refractivity (Wildman–Crippen MR) is 101 cm³/mol. The fourth-order valence-corrected chi connectivity index (χ4v) is 4.24. The second-order valence-electron chi connectivity index (χ2n) is 6.13. The molecule has 1 unspecified atom stereocenters. The van der Waals surface area contributed by atoms with Gasteiger partial charge >= 0.3 is 5.97 Å². The normalized spacial score (nSPS) is 16.5. The average Bonchev–Trinajstić information content (AvgIpc) is 3.20. The second kappa shape index (κ2) is 8.57. The van der Waals surface area contributed by atoms with Crippen molar-refractivity contribution < 1.29 is 32.8 Å². The fraction of sp³-hybridized carbons (Fsp3) is 0.222. The molecule has 0 aliphatic carbocycles. The Kier molecular flexibility index (Phi) is 6.13. The summed E-state index contributed by atoms with van der Waals surface area (Å²) >= 11 is 0. The summed E-state index contributed by atoms with van der Waals surface area (Å²) in [6.07, 6.45) is 0. The summed E-state index contributed by atoms with van der Waals surface area (Å²) in [6, 6.07) is 11.2. The van der Waals surface area contributed by atoms with Crippen molar-refractivity contribution in [1.29, 1.82) is 0 Å². The number of hydrogen-bond acceptors (Lipinski definition) is 8. The number of esters is 1. The van der Waals surface area contributed by atoms with Gasteiger partial charge < -0.3 is 4.74 Å². The lowest BCUT2D eigenvalue weighted by Crippen LogP contribution is -2.39. The maximum absolute atomic E-state index is 12.7. The van der Waals surface area contributed by atoms with E-state index in [1.165, 1.54) is 37.4 Å². The number of carbonyl (C=O) groups excluding carboxylic acids is 2. The number of carbonyl (C=O) groups is 2. The standard InChI is InChI=1S/C18H19N3O7S/c1-27-18(23)14-7-3-2-6-13(14)17(22)21-10-12(11-28-21)20-29(25,26)16-9-5-4-8-15(16)19-24/h2-9,12,19-20,24H,10-11H2,1H3. The summed E-state index contributed by atoms with van der Waals surface area (Å²) < 4.78 is 32.3. The van der Waals surface area contributed by atoms with E-state index in [1.807, 2.05) is 5.48 Å². The van der Waals surface area contributed by atoms with Crippen LogP contribution in [0, 0.1) is 0 Å². The molecule has 2 aromatic carbocycles. The van der Waals surface area contributed by atoms with Gasteiger partial charge in [-0.2, -0.15) is 0 Å². The van der Waals surface area contributed by atoms with E-state index in [1.54, 1.807) is 18.2 Å². The van der Waals surface area contributed by atoms with E-state index in [2.05, 4.69) is 9.46 Å². The molecule has 1 aliphatic heterocycles. The van der Waals surface area contributed by atoms with Crippen LogP contribution in [0.1, 0.15) is 20.7 Å². The minimum absolute atomic E-state index is 0.0128. The number of hydrogen-bond donors (Lipinski definition) is 3. The number of hydroxylamine groups is 2. The highest BCUT2D eigenvalue weighted by Crippen LogP contribution is 2.22. The van der Waals surface area contributed by atoms with Gasteiger partial charge in [0.2, 0.25) is 10.0 Å². The van der Waals surface area contributed by atoms with Crippen LogP contribution in [0.3, 0.4) is 0 Å². The highest BCUT2D eigenvalue weighted by molar-refractivity contribution is 7.89. The van der Waals surface area contributed by atoms with Crippen molar-refractivity contribution in [2.75, 3.05) is 25.7 Å². The van der Waals surface area contributed by atoms with Crippen molar-refractivity contribution in [3.8, 4) is 0 Å². The van der Waals surface area contributed by atoms with Crippen LogP contribution in [0.5, 0.6) is 0 Å². The fourth-order valence-electron chi connectivity index (χ4n) is 2.87. The molecule has 0 aromatic heterocycles. The topological polar surface area (TPSA) is 134 Å². The van der Waals surface area contributed by atoms with Crippen molar-refractivity contribution >= 4 is 27.6 Å². The Balaban J connectivity index is 1.74. The molecule has 2 aromatic rings. The first-order valence-corrected chi connectivity index (χ1v) is 9.99. The lowest BCUT2D eigenvalue weighted by atomic mass is 10.1. The van der Waals surface area contributed by atoms with Gasteiger partial charge in [0, 0.05) is 0 Å². The number of anilines is 1. The minimum Gasteiger partial charge on any atom is -0.465 e. The molecule has 154 valence electrons. The predicted octanol–water partition coefficient (Wildman–Crippen LogP) is 1.01. The Bertz CT molecular complexity index is 1030. The Morgan fingerprint density at radius 2 is 1.79 bits per heavy atom. The number of amides is 1. The van der Waals surface area contributed by atoms with Gasteiger partial charge in [0.25, 0.3) is 5.91 Å². The summed E-state index contributed by atoms with van der Waals surface area (Å²) in [5.41, 5.74) is 2.01. The second-order valence-corrected chi connectivity index (χ2v) is 7.81. The molecule has 1 amide bonds. The zero-order valence-electron chi connectivity index (χ0n) is 15.4. The van der Waals surface area contributed by atoms with Gasteiger partial charge in [-0.15, -0.1) is 0 Å². The third kappa shape index (κ3) is 4.38. The van der Waals surface area contributed by atoms with Crippen LogP contribution in [-0.2, 0) is 19.6 Å². The molecule has 1 saturated heterocycles. The van der Waals surface area contributed by atoms with Crippen LogP contribution >= 0.6 is 0 Å². The van der Waals surface area contributed by atoms with Crippen molar-refractivity contribution in [3.05, 3.63) is 59.7 Å². The molecule has 3 rings (SSSR count). The van der Waals surface area contributed by atoms with Gasteiger partial charge in [-0.3, -0.25) is 20.3 Å². The number of sulfonamides is 1. The van der Waals surface area contributed by atoms with Crippen LogP contribution in [0.4, 0.5) is 5.69 Å². The molecule has 0 bridgehead atoms. The minimum atomic E-state index is -3.99. The molecule has 10 nitrogen and oxygen atoms in total. The van der Waals surface area contributed by atoms with Gasteiger partial charge in [0.15, 0.2) is 0 Å². The zero-order chi connectivity index (χ0) is 21.0. The average molecular weight is 421 g/mol. The molecular formula is C18H19N3O7S. The summed E-state index contributed by atoms with van der Waals surface area (Å²) in [4.78, 5) is 29.8. The molecule has 1 atom stereocenters. The number of rotatable bonds is 6. The van der Waals surface area contributed by atoms with E-state index in [4.69, 9.17) is 10.0 Å². The number of ether oxygens (including phenoxy) is 1. The van der Waals surface area contributed by atoms with Crippen molar-refractivity contribution in [2.24, 2.45) is 0 Å². The summed E-state index contributed by atoms with van der Waals surface area (Å²) in [5.74, 6) is -1.26. The zero-order valence-corrected chi connectivity index (χ0v) is 16.2. The third-order valence-electron chi connectivity index (χ3n) is 4.23. The molecule has 1 fully saturated rings. The number of para-hydroxylation sites is 1. The molecule has 0 spiro atoms. The number of nitrogens with one attached hydrogen (secondary N) is 2. The van der Waals surface area contributed by atoms with Crippen LogP contribution < -0.4 is 10.2 Å². The lowest BCUT2D eigenvalue weighted by Gasteiger charge is -2.16. The highest BCUT2D eigenvalue weighted by Gasteiger charge is 2.33. The quantitative estimate of drug-likeness (QED) is 0.465.